The average molecular weight is 331 g/mol. The Bertz CT molecular complexity index is 743. The second kappa shape index (κ2) is 5.23. The summed E-state index contributed by atoms with van der Waals surface area (Å²) in [6.45, 7) is 0. The molecule has 0 spiro atoms. The molecule has 19 heavy (non-hydrogen) atoms. The minimum atomic E-state index is 0.739. The van der Waals surface area contributed by atoms with Gasteiger partial charge in [0.2, 0.25) is 0 Å². The zero-order valence-electron chi connectivity index (χ0n) is 10.0. The summed E-state index contributed by atoms with van der Waals surface area (Å²) in [5.74, 6) is 0. The maximum Gasteiger partial charge on any atom is 0.0733 e. The summed E-state index contributed by atoms with van der Waals surface area (Å²) in [7, 11) is 0. The Morgan fingerprint density at radius 2 is 1.84 bits per heavy atom. The molecule has 0 unspecified atom stereocenters. The Morgan fingerprint density at radius 1 is 1.00 bits per heavy atom. The van der Waals surface area contributed by atoms with Gasteiger partial charge >= 0.3 is 0 Å². The monoisotopic (exact) mass is 330 g/mol. The molecule has 1 aromatic heterocycles. The lowest BCUT2D eigenvalue weighted by atomic mass is 10.2. The van der Waals surface area contributed by atoms with Crippen LogP contribution in [0, 0.1) is 0 Å². The highest BCUT2D eigenvalue weighted by Crippen LogP contribution is 2.36. The summed E-state index contributed by atoms with van der Waals surface area (Å²) in [6, 6.07) is 16.1. The number of benzene rings is 2. The number of halogens is 1. The van der Waals surface area contributed by atoms with Gasteiger partial charge in [0, 0.05) is 31.5 Å². The van der Waals surface area contributed by atoms with Gasteiger partial charge in [-0.2, -0.15) is 0 Å². The summed E-state index contributed by atoms with van der Waals surface area (Å²) in [5, 5.41) is 1.12. The van der Waals surface area contributed by atoms with Crippen LogP contribution in [0.15, 0.2) is 69.0 Å². The minimum Gasteiger partial charge on any atom is -0.399 e. The molecule has 2 N–H and O–H groups in total. The molecule has 3 aromatic rings. The van der Waals surface area contributed by atoms with E-state index in [9.17, 15) is 0 Å². The number of fused-ring (bicyclic) bond motifs is 1. The molecule has 0 aliphatic carbocycles. The normalized spacial score (nSPS) is 10.8. The SMILES string of the molecule is Nc1ccc2c(Sc3ccccc3Br)ccnc2c1. The molecular formula is C15H11BrN2S. The minimum absolute atomic E-state index is 0.739. The first kappa shape index (κ1) is 12.5. The van der Waals surface area contributed by atoms with Crippen molar-refractivity contribution in [2.75, 3.05) is 5.73 Å². The Morgan fingerprint density at radius 3 is 2.68 bits per heavy atom. The number of nitrogens with two attached hydrogens (primary N) is 1. The van der Waals surface area contributed by atoms with E-state index in [-0.39, 0.29) is 0 Å². The molecule has 1 heterocycles. The molecule has 0 aliphatic heterocycles. The molecule has 3 rings (SSSR count). The van der Waals surface area contributed by atoms with Crippen molar-refractivity contribution in [3.8, 4) is 0 Å². The van der Waals surface area contributed by atoms with Crippen molar-refractivity contribution >= 4 is 44.3 Å². The van der Waals surface area contributed by atoms with Crippen LogP contribution in [0.2, 0.25) is 0 Å². The van der Waals surface area contributed by atoms with Crippen LogP contribution in [-0.2, 0) is 0 Å². The predicted octanol–water partition coefficient (Wildman–Crippen LogP) is 4.73. The fourth-order valence-corrected chi connectivity index (χ4v) is 3.36. The highest BCUT2D eigenvalue weighted by molar-refractivity contribution is 9.10. The Labute approximate surface area is 124 Å². The van der Waals surface area contributed by atoms with E-state index in [1.165, 1.54) is 9.79 Å². The molecule has 0 saturated heterocycles. The van der Waals surface area contributed by atoms with E-state index in [0.29, 0.717) is 0 Å². The third-order valence-corrected chi connectivity index (χ3v) is 4.89. The Balaban J connectivity index is 2.09. The lowest BCUT2D eigenvalue weighted by Crippen LogP contribution is -1.87. The van der Waals surface area contributed by atoms with E-state index in [1.54, 1.807) is 11.8 Å². The zero-order chi connectivity index (χ0) is 13.2. The van der Waals surface area contributed by atoms with E-state index < -0.39 is 0 Å². The van der Waals surface area contributed by atoms with Crippen LogP contribution in [0.4, 0.5) is 5.69 Å². The van der Waals surface area contributed by atoms with Crippen molar-refractivity contribution in [1.29, 1.82) is 0 Å². The number of anilines is 1. The van der Waals surface area contributed by atoms with Gasteiger partial charge < -0.3 is 5.73 Å². The van der Waals surface area contributed by atoms with Crippen LogP contribution < -0.4 is 5.73 Å². The molecule has 0 aliphatic rings. The quantitative estimate of drug-likeness (QED) is 0.690. The summed E-state index contributed by atoms with van der Waals surface area (Å²) in [5.41, 5.74) is 7.46. The molecule has 0 atom stereocenters. The van der Waals surface area contributed by atoms with E-state index in [0.717, 1.165) is 21.1 Å². The van der Waals surface area contributed by atoms with Crippen molar-refractivity contribution in [1.82, 2.24) is 4.98 Å². The molecule has 0 radical (unpaired) electrons. The molecular weight excluding hydrogens is 320 g/mol. The van der Waals surface area contributed by atoms with Crippen molar-refractivity contribution in [3.63, 3.8) is 0 Å². The van der Waals surface area contributed by atoms with E-state index in [4.69, 9.17) is 5.73 Å². The lowest BCUT2D eigenvalue weighted by Gasteiger charge is -2.07. The molecule has 2 aromatic carbocycles. The van der Waals surface area contributed by atoms with Crippen molar-refractivity contribution in [2.24, 2.45) is 0 Å². The standard InChI is InChI=1S/C15H11BrN2S/c16-12-3-1-2-4-15(12)19-14-7-8-18-13-9-10(17)5-6-11(13)14/h1-9H,17H2. The first-order chi connectivity index (χ1) is 9.24. The fraction of sp³-hybridized carbons (Fsp3) is 0. The van der Waals surface area contributed by atoms with Gasteiger partial charge in [0.1, 0.15) is 0 Å². The number of hydrogen-bond donors (Lipinski definition) is 1. The fourth-order valence-electron chi connectivity index (χ4n) is 1.87. The first-order valence-corrected chi connectivity index (χ1v) is 7.41. The average Bonchev–Trinajstić information content (AvgIpc) is 2.41. The lowest BCUT2D eigenvalue weighted by molar-refractivity contribution is 1.34. The largest absolute Gasteiger partial charge is 0.399 e. The smallest absolute Gasteiger partial charge is 0.0733 e. The van der Waals surface area contributed by atoms with Gasteiger partial charge in [-0.25, -0.2) is 0 Å². The van der Waals surface area contributed by atoms with E-state index in [2.05, 4.69) is 27.0 Å². The molecule has 0 amide bonds. The van der Waals surface area contributed by atoms with Gasteiger partial charge in [-0.1, -0.05) is 23.9 Å². The summed E-state index contributed by atoms with van der Waals surface area (Å²) >= 11 is 5.29. The Kier molecular flexibility index (Phi) is 3.44. The molecule has 0 saturated carbocycles. The third-order valence-electron chi connectivity index (χ3n) is 2.78. The summed E-state index contributed by atoms with van der Waals surface area (Å²) in [4.78, 5) is 6.73. The number of hydrogen-bond acceptors (Lipinski definition) is 3. The molecule has 4 heteroatoms. The van der Waals surface area contributed by atoms with Crippen molar-refractivity contribution < 1.29 is 0 Å². The predicted molar refractivity (Wildman–Crippen MR) is 84.4 cm³/mol. The van der Waals surface area contributed by atoms with Crippen molar-refractivity contribution in [2.45, 2.75) is 9.79 Å². The van der Waals surface area contributed by atoms with Crippen LogP contribution >= 0.6 is 27.7 Å². The third kappa shape index (κ3) is 2.60. The van der Waals surface area contributed by atoms with E-state index in [1.807, 2.05) is 48.7 Å². The zero-order valence-corrected chi connectivity index (χ0v) is 12.4. The highest BCUT2D eigenvalue weighted by atomic mass is 79.9. The number of rotatable bonds is 2. The highest BCUT2D eigenvalue weighted by Gasteiger charge is 2.06. The summed E-state index contributed by atoms with van der Waals surface area (Å²) in [6.07, 6.45) is 1.82. The Hall–Kier alpha value is -1.52. The van der Waals surface area contributed by atoms with Crippen LogP contribution in [-0.4, -0.2) is 4.98 Å². The first-order valence-electron chi connectivity index (χ1n) is 5.81. The van der Waals surface area contributed by atoms with Gasteiger partial charge in [0.15, 0.2) is 0 Å². The molecule has 0 fully saturated rings. The van der Waals surface area contributed by atoms with Crippen LogP contribution in [0.25, 0.3) is 10.9 Å². The van der Waals surface area contributed by atoms with Crippen molar-refractivity contribution in [3.05, 3.63) is 59.2 Å². The van der Waals surface area contributed by atoms with Crippen LogP contribution in [0.5, 0.6) is 0 Å². The molecule has 94 valence electrons. The van der Waals surface area contributed by atoms with E-state index >= 15 is 0 Å². The number of pyridine rings is 1. The second-order valence-electron chi connectivity index (χ2n) is 4.12. The topological polar surface area (TPSA) is 38.9 Å². The second-order valence-corrected chi connectivity index (χ2v) is 6.06. The number of nitrogens with zero attached hydrogens (tertiary/aromatic N) is 1. The van der Waals surface area contributed by atoms with Gasteiger partial charge in [-0.15, -0.1) is 0 Å². The number of aromatic nitrogens is 1. The molecule has 2 nitrogen and oxygen atoms in total. The van der Waals surface area contributed by atoms with Gasteiger partial charge in [0.05, 0.1) is 5.52 Å². The number of nitrogen functional groups attached to an aromatic ring is 1. The maximum atomic E-state index is 5.80. The van der Waals surface area contributed by atoms with Crippen LogP contribution in [0.3, 0.4) is 0 Å². The molecule has 0 bridgehead atoms. The van der Waals surface area contributed by atoms with Gasteiger partial charge in [-0.3, -0.25) is 4.98 Å². The van der Waals surface area contributed by atoms with Gasteiger partial charge in [-0.05, 0) is 52.3 Å². The van der Waals surface area contributed by atoms with Crippen LogP contribution in [0.1, 0.15) is 0 Å². The van der Waals surface area contributed by atoms with Gasteiger partial charge in [0.25, 0.3) is 0 Å². The summed E-state index contributed by atoms with van der Waals surface area (Å²) < 4.78 is 1.10. The maximum absolute atomic E-state index is 5.80.